The van der Waals surface area contributed by atoms with Gasteiger partial charge >= 0.3 is 5.82 Å². The van der Waals surface area contributed by atoms with Gasteiger partial charge in [0.05, 0.1) is 6.42 Å². The lowest BCUT2D eigenvalue weighted by Crippen LogP contribution is -2.36. The first-order valence-electron chi connectivity index (χ1n) is 7.95. The van der Waals surface area contributed by atoms with Crippen LogP contribution in [0, 0.1) is 0 Å². The molecule has 1 aromatic rings. The van der Waals surface area contributed by atoms with Gasteiger partial charge < -0.3 is 0 Å². The third-order valence-electron chi connectivity index (χ3n) is 3.48. The molecule has 0 radical (unpaired) electrons. The molecule has 0 spiro atoms. The summed E-state index contributed by atoms with van der Waals surface area (Å²) in [6, 6.07) is 0. The summed E-state index contributed by atoms with van der Waals surface area (Å²) < 4.78 is 4.28. The predicted octanol–water partition coefficient (Wildman–Crippen LogP) is 2.74. The van der Waals surface area contributed by atoms with Crippen molar-refractivity contribution in [2.45, 2.75) is 72.1 Å². The van der Waals surface area contributed by atoms with Gasteiger partial charge in [0.15, 0.2) is 0 Å². The molecule has 1 rings (SSSR count). The number of nitrogens with one attached hydrogen (secondary N) is 1. The first kappa shape index (κ1) is 16.0. The minimum absolute atomic E-state index is 0.942. The normalized spacial score (nSPS) is 10.9. The molecule has 1 aromatic heterocycles. The molecular formula is C15H31N4+. The Bertz CT molecular complexity index is 357. The Morgan fingerprint density at radius 2 is 1.63 bits per heavy atom. The lowest BCUT2D eigenvalue weighted by molar-refractivity contribution is -0.736. The molecule has 0 atom stereocenters. The van der Waals surface area contributed by atoms with Crippen LogP contribution < -0.4 is 10.1 Å². The fourth-order valence-electron chi connectivity index (χ4n) is 2.41. The zero-order chi connectivity index (χ0) is 14.1. The maximum atomic E-state index is 4.70. The monoisotopic (exact) mass is 267 g/mol. The molecule has 0 unspecified atom stereocenters. The van der Waals surface area contributed by atoms with Crippen LogP contribution in [0.15, 0.2) is 0 Å². The van der Waals surface area contributed by atoms with Crippen LogP contribution in [0.4, 0.5) is 0 Å². The van der Waals surface area contributed by atoms with E-state index in [1.54, 1.807) is 0 Å². The molecule has 0 aromatic carbocycles. The quantitative estimate of drug-likeness (QED) is 0.522. The Balaban J connectivity index is 2.76. The van der Waals surface area contributed by atoms with Crippen LogP contribution >= 0.6 is 0 Å². The average Bonchev–Trinajstić information content (AvgIpc) is 2.68. The van der Waals surface area contributed by atoms with Gasteiger partial charge in [0.25, 0.3) is 5.82 Å². The van der Waals surface area contributed by atoms with Crippen LogP contribution in [0.25, 0.3) is 0 Å². The van der Waals surface area contributed by atoms with E-state index in [9.17, 15) is 0 Å². The molecule has 0 saturated heterocycles. The van der Waals surface area contributed by atoms with Gasteiger partial charge in [0.2, 0.25) is 0 Å². The second-order valence-electron chi connectivity index (χ2n) is 5.22. The third-order valence-corrected chi connectivity index (χ3v) is 3.48. The highest BCUT2D eigenvalue weighted by atomic mass is 15.5. The molecule has 4 heteroatoms. The van der Waals surface area contributed by atoms with Crippen molar-refractivity contribution < 1.29 is 4.68 Å². The average molecular weight is 267 g/mol. The smallest absolute Gasteiger partial charge is 0.255 e. The summed E-state index contributed by atoms with van der Waals surface area (Å²) in [4.78, 5) is 0. The SMILES string of the molecule is CCCCCc1n[n+](C)c(CCCCC)n1NCC. The fraction of sp³-hybridized carbons (Fsp3) is 0.867. The number of unbranched alkanes of at least 4 members (excludes halogenated alkanes) is 4. The van der Waals surface area contributed by atoms with E-state index in [-0.39, 0.29) is 0 Å². The van der Waals surface area contributed by atoms with Crippen LogP contribution in [0.5, 0.6) is 0 Å². The van der Waals surface area contributed by atoms with Gasteiger partial charge in [-0.1, -0.05) is 39.5 Å². The van der Waals surface area contributed by atoms with Crippen LogP contribution in [0.2, 0.25) is 0 Å². The van der Waals surface area contributed by atoms with Crippen LogP contribution in [0.3, 0.4) is 0 Å². The van der Waals surface area contributed by atoms with E-state index in [0.717, 1.165) is 19.4 Å². The highest BCUT2D eigenvalue weighted by Crippen LogP contribution is 2.08. The maximum absolute atomic E-state index is 4.70. The summed E-state index contributed by atoms with van der Waals surface area (Å²) in [6.45, 7) is 7.58. The van der Waals surface area contributed by atoms with Crippen molar-refractivity contribution in [2.24, 2.45) is 7.05 Å². The van der Waals surface area contributed by atoms with Crippen LogP contribution in [-0.4, -0.2) is 16.3 Å². The Morgan fingerprint density at radius 3 is 2.21 bits per heavy atom. The van der Waals surface area contributed by atoms with E-state index in [1.807, 2.05) is 0 Å². The van der Waals surface area contributed by atoms with Gasteiger partial charge in [-0.2, -0.15) is 0 Å². The molecule has 110 valence electrons. The highest BCUT2D eigenvalue weighted by Gasteiger charge is 2.22. The molecule has 0 bridgehead atoms. The second kappa shape index (κ2) is 8.94. The molecule has 1 heterocycles. The van der Waals surface area contributed by atoms with E-state index < -0.39 is 0 Å². The summed E-state index contributed by atoms with van der Waals surface area (Å²) in [6.07, 6.45) is 9.76. The number of aromatic nitrogens is 3. The van der Waals surface area contributed by atoms with Crippen LogP contribution in [-0.2, 0) is 19.9 Å². The van der Waals surface area contributed by atoms with Crippen molar-refractivity contribution in [1.82, 2.24) is 9.77 Å². The van der Waals surface area contributed by atoms with Crippen molar-refractivity contribution in [3.63, 3.8) is 0 Å². The summed E-state index contributed by atoms with van der Waals surface area (Å²) in [5, 5.41) is 4.70. The number of nitrogens with zero attached hydrogens (tertiary/aromatic N) is 3. The Kier molecular flexibility index (Phi) is 7.53. The molecule has 4 nitrogen and oxygen atoms in total. The molecule has 0 fully saturated rings. The topological polar surface area (TPSA) is 33.7 Å². The van der Waals surface area contributed by atoms with E-state index in [1.165, 1.54) is 50.2 Å². The minimum Gasteiger partial charge on any atom is -0.255 e. The molecule has 1 N–H and O–H groups in total. The summed E-state index contributed by atoms with van der Waals surface area (Å²) >= 11 is 0. The molecule has 0 amide bonds. The maximum Gasteiger partial charge on any atom is 0.301 e. The van der Waals surface area contributed by atoms with E-state index in [0.29, 0.717) is 0 Å². The zero-order valence-electron chi connectivity index (χ0n) is 13.2. The van der Waals surface area contributed by atoms with E-state index in [4.69, 9.17) is 5.10 Å². The first-order chi connectivity index (χ1) is 9.24. The van der Waals surface area contributed by atoms with E-state index >= 15 is 0 Å². The number of aryl methyl sites for hydroxylation is 2. The number of hydrogen-bond acceptors (Lipinski definition) is 2. The lowest BCUT2D eigenvalue weighted by atomic mass is 10.2. The van der Waals surface area contributed by atoms with Crippen molar-refractivity contribution in [3.8, 4) is 0 Å². The Hall–Kier alpha value is -1.06. The van der Waals surface area contributed by atoms with Gasteiger partial charge in [-0.05, 0) is 24.9 Å². The lowest BCUT2D eigenvalue weighted by Gasteiger charge is -2.04. The van der Waals surface area contributed by atoms with Gasteiger partial charge in [-0.3, -0.25) is 5.43 Å². The second-order valence-corrected chi connectivity index (χ2v) is 5.22. The largest absolute Gasteiger partial charge is 0.301 e. The standard InChI is InChI=1S/C15H31N4/c1-5-8-10-12-14-17-18(4)15(13-11-9-6-2)19(14)16-7-3/h16H,5-13H2,1-4H3/q+1. The zero-order valence-corrected chi connectivity index (χ0v) is 13.2. The molecular weight excluding hydrogens is 236 g/mol. The third kappa shape index (κ3) is 4.84. The highest BCUT2D eigenvalue weighted by molar-refractivity contribution is 4.95. The summed E-state index contributed by atoms with van der Waals surface area (Å²) in [7, 11) is 2.07. The minimum atomic E-state index is 0.942. The molecule has 0 aliphatic heterocycles. The molecule has 0 aliphatic carbocycles. The molecule has 19 heavy (non-hydrogen) atoms. The van der Waals surface area contributed by atoms with Gasteiger partial charge in [0, 0.05) is 13.0 Å². The molecule has 0 saturated carbocycles. The fourth-order valence-corrected chi connectivity index (χ4v) is 2.41. The van der Waals surface area contributed by atoms with Gasteiger partial charge in [-0.25, -0.2) is 0 Å². The summed E-state index contributed by atoms with van der Waals surface area (Å²) in [5.41, 5.74) is 3.45. The van der Waals surface area contributed by atoms with Crippen LogP contribution in [0.1, 0.15) is 70.9 Å². The molecule has 0 aliphatic rings. The van der Waals surface area contributed by atoms with E-state index in [2.05, 4.69) is 42.6 Å². The first-order valence-corrected chi connectivity index (χ1v) is 7.95. The van der Waals surface area contributed by atoms with Crippen molar-refractivity contribution >= 4 is 0 Å². The predicted molar refractivity (Wildman–Crippen MR) is 79.8 cm³/mol. The van der Waals surface area contributed by atoms with Crippen molar-refractivity contribution in [3.05, 3.63) is 11.6 Å². The van der Waals surface area contributed by atoms with Gasteiger partial charge in [-0.15, -0.1) is 9.36 Å². The van der Waals surface area contributed by atoms with Crippen molar-refractivity contribution in [2.75, 3.05) is 12.0 Å². The Morgan fingerprint density at radius 1 is 1.00 bits per heavy atom. The Labute approximate surface area is 118 Å². The van der Waals surface area contributed by atoms with Gasteiger partial charge in [0.1, 0.15) is 7.05 Å². The summed E-state index contributed by atoms with van der Waals surface area (Å²) in [5.74, 6) is 2.49. The number of hydrogen-bond donors (Lipinski definition) is 1. The number of rotatable bonds is 10. The van der Waals surface area contributed by atoms with Crippen molar-refractivity contribution in [1.29, 1.82) is 0 Å².